The van der Waals surface area contributed by atoms with E-state index in [1.807, 2.05) is 13.0 Å². The Balaban J connectivity index is 2.24. The number of hydrogen-bond donors (Lipinski definition) is 1. The maximum atomic E-state index is 11.9. The van der Waals surface area contributed by atoms with Crippen molar-refractivity contribution >= 4 is 16.9 Å². The molecule has 4 nitrogen and oxygen atoms in total. The SMILES string of the molecule is CCCCCn1c2c(c3ccc(C)c(C(=O)O)c31)CN(C)CC2. The summed E-state index contributed by atoms with van der Waals surface area (Å²) in [5.74, 6) is -0.812. The molecule has 1 aliphatic heterocycles. The zero-order chi connectivity index (χ0) is 16.6. The number of carboxylic acid groups (broad SMARTS) is 1. The lowest BCUT2D eigenvalue weighted by atomic mass is 10.0. The van der Waals surface area contributed by atoms with Crippen LogP contribution in [0.1, 0.15) is 53.4 Å². The van der Waals surface area contributed by atoms with Crippen LogP contribution < -0.4 is 0 Å². The van der Waals surface area contributed by atoms with Crippen LogP contribution in [-0.2, 0) is 19.5 Å². The standard InChI is InChI=1S/C19H26N2O2/c1-4-5-6-10-21-16-9-11-20(3)12-15(16)14-8-7-13(2)17(18(14)21)19(22)23/h7-8H,4-6,9-12H2,1-3H3,(H,22,23). The number of aryl methyl sites for hydroxylation is 2. The maximum Gasteiger partial charge on any atom is 0.338 e. The van der Waals surface area contributed by atoms with Crippen LogP contribution in [-0.4, -0.2) is 34.1 Å². The van der Waals surface area contributed by atoms with E-state index in [1.165, 1.54) is 24.1 Å². The van der Waals surface area contributed by atoms with Crippen LogP contribution in [0.4, 0.5) is 0 Å². The van der Waals surface area contributed by atoms with Gasteiger partial charge in [-0.05, 0) is 31.5 Å². The van der Waals surface area contributed by atoms with Crippen molar-refractivity contribution in [3.8, 4) is 0 Å². The van der Waals surface area contributed by atoms with Gasteiger partial charge < -0.3 is 14.6 Å². The normalized spacial score (nSPS) is 15.1. The number of aromatic nitrogens is 1. The first kappa shape index (κ1) is 16.1. The predicted octanol–water partition coefficient (Wildman–Crippen LogP) is 3.83. The molecule has 2 aromatic rings. The number of hydrogen-bond acceptors (Lipinski definition) is 2. The molecule has 0 amide bonds. The number of fused-ring (bicyclic) bond motifs is 3. The van der Waals surface area contributed by atoms with Gasteiger partial charge in [-0.1, -0.05) is 31.9 Å². The summed E-state index contributed by atoms with van der Waals surface area (Å²) in [5.41, 5.74) is 4.95. The van der Waals surface area contributed by atoms with Gasteiger partial charge in [0.2, 0.25) is 0 Å². The second-order valence-electron chi connectivity index (χ2n) is 6.73. The first-order valence-corrected chi connectivity index (χ1v) is 8.60. The first-order valence-electron chi connectivity index (χ1n) is 8.60. The monoisotopic (exact) mass is 314 g/mol. The van der Waals surface area contributed by atoms with Crippen molar-refractivity contribution in [2.24, 2.45) is 0 Å². The Kier molecular flexibility index (Phi) is 4.44. The number of carbonyl (C=O) groups is 1. The maximum absolute atomic E-state index is 11.9. The van der Waals surface area contributed by atoms with Crippen LogP contribution in [0.15, 0.2) is 12.1 Å². The minimum absolute atomic E-state index is 0.482. The van der Waals surface area contributed by atoms with Gasteiger partial charge in [0.1, 0.15) is 0 Å². The Labute approximate surface area is 137 Å². The van der Waals surface area contributed by atoms with Crippen molar-refractivity contribution in [3.63, 3.8) is 0 Å². The van der Waals surface area contributed by atoms with E-state index in [9.17, 15) is 9.90 Å². The Morgan fingerprint density at radius 3 is 2.78 bits per heavy atom. The van der Waals surface area contributed by atoms with Crippen molar-refractivity contribution < 1.29 is 9.90 Å². The molecule has 0 saturated heterocycles. The summed E-state index contributed by atoms with van der Waals surface area (Å²) < 4.78 is 2.31. The van der Waals surface area contributed by atoms with Crippen LogP contribution in [0.3, 0.4) is 0 Å². The summed E-state index contributed by atoms with van der Waals surface area (Å²) in [4.78, 5) is 14.2. The largest absolute Gasteiger partial charge is 0.478 e. The molecule has 1 aromatic heterocycles. The minimum atomic E-state index is -0.812. The van der Waals surface area contributed by atoms with Gasteiger partial charge in [-0.25, -0.2) is 4.79 Å². The van der Waals surface area contributed by atoms with Crippen LogP contribution >= 0.6 is 0 Å². The number of rotatable bonds is 5. The van der Waals surface area contributed by atoms with Gasteiger partial charge in [0.05, 0.1) is 11.1 Å². The molecule has 0 aliphatic carbocycles. The van der Waals surface area contributed by atoms with E-state index in [4.69, 9.17) is 0 Å². The molecule has 124 valence electrons. The average molecular weight is 314 g/mol. The summed E-state index contributed by atoms with van der Waals surface area (Å²) >= 11 is 0. The molecule has 0 radical (unpaired) electrons. The highest BCUT2D eigenvalue weighted by Crippen LogP contribution is 2.34. The van der Waals surface area contributed by atoms with E-state index in [1.54, 1.807) is 0 Å². The summed E-state index contributed by atoms with van der Waals surface area (Å²) in [6, 6.07) is 4.07. The number of unbranched alkanes of at least 4 members (excludes halogenated alkanes) is 2. The van der Waals surface area contributed by atoms with Gasteiger partial charge in [0.25, 0.3) is 0 Å². The Morgan fingerprint density at radius 2 is 2.09 bits per heavy atom. The summed E-state index contributed by atoms with van der Waals surface area (Å²) in [5, 5.41) is 10.9. The zero-order valence-corrected chi connectivity index (χ0v) is 14.4. The topological polar surface area (TPSA) is 45.5 Å². The second kappa shape index (κ2) is 6.36. The van der Waals surface area contributed by atoms with Crippen LogP contribution in [0.2, 0.25) is 0 Å². The summed E-state index contributed by atoms with van der Waals surface area (Å²) in [7, 11) is 2.13. The molecule has 4 heteroatoms. The molecule has 2 heterocycles. The van der Waals surface area contributed by atoms with Gasteiger partial charge in [-0.3, -0.25) is 0 Å². The highest BCUT2D eigenvalue weighted by atomic mass is 16.4. The molecule has 0 unspecified atom stereocenters. The molecule has 3 rings (SSSR count). The fourth-order valence-electron chi connectivity index (χ4n) is 3.81. The van der Waals surface area contributed by atoms with Gasteiger partial charge in [-0.15, -0.1) is 0 Å². The van der Waals surface area contributed by atoms with E-state index in [2.05, 4.69) is 29.5 Å². The van der Waals surface area contributed by atoms with Crippen LogP contribution in [0.5, 0.6) is 0 Å². The molecule has 1 N–H and O–H groups in total. The summed E-state index contributed by atoms with van der Waals surface area (Å²) in [6.45, 7) is 6.97. The lowest BCUT2D eigenvalue weighted by Gasteiger charge is -2.24. The zero-order valence-electron chi connectivity index (χ0n) is 14.4. The highest BCUT2D eigenvalue weighted by Gasteiger charge is 2.26. The number of benzene rings is 1. The Hall–Kier alpha value is -1.81. The van der Waals surface area contributed by atoms with E-state index in [0.717, 1.165) is 48.9 Å². The molecule has 0 atom stereocenters. The molecule has 0 fully saturated rings. The molecule has 23 heavy (non-hydrogen) atoms. The third-order valence-corrected chi connectivity index (χ3v) is 5.01. The Bertz CT molecular complexity index is 746. The fraction of sp³-hybridized carbons (Fsp3) is 0.526. The van der Waals surface area contributed by atoms with Crippen molar-refractivity contribution in [1.82, 2.24) is 9.47 Å². The van der Waals surface area contributed by atoms with Crippen LogP contribution in [0.25, 0.3) is 10.9 Å². The van der Waals surface area contributed by atoms with Crippen molar-refractivity contribution in [1.29, 1.82) is 0 Å². The lowest BCUT2D eigenvalue weighted by molar-refractivity contribution is 0.0698. The van der Waals surface area contributed by atoms with Gasteiger partial charge in [0.15, 0.2) is 0 Å². The number of aromatic carboxylic acids is 1. The quantitative estimate of drug-likeness (QED) is 0.853. The smallest absolute Gasteiger partial charge is 0.338 e. The third-order valence-electron chi connectivity index (χ3n) is 5.01. The van der Waals surface area contributed by atoms with Gasteiger partial charge >= 0.3 is 5.97 Å². The van der Waals surface area contributed by atoms with Gasteiger partial charge in [-0.2, -0.15) is 0 Å². The van der Waals surface area contributed by atoms with Gasteiger partial charge in [0, 0.05) is 37.1 Å². The van der Waals surface area contributed by atoms with E-state index in [-0.39, 0.29) is 0 Å². The van der Waals surface area contributed by atoms with E-state index >= 15 is 0 Å². The summed E-state index contributed by atoms with van der Waals surface area (Å²) in [6.07, 6.45) is 4.47. The molecule has 1 aromatic carbocycles. The van der Waals surface area contributed by atoms with Crippen molar-refractivity contribution in [2.75, 3.05) is 13.6 Å². The molecular weight excluding hydrogens is 288 g/mol. The number of nitrogens with zero attached hydrogens (tertiary/aromatic N) is 2. The van der Waals surface area contributed by atoms with E-state index < -0.39 is 5.97 Å². The molecule has 0 saturated carbocycles. The fourth-order valence-corrected chi connectivity index (χ4v) is 3.81. The predicted molar refractivity (Wildman–Crippen MR) is 93.2 cm³/mol. The molecular formula is C19H26N2O2. The number of carboxylic acids is 1. The molecule has 1 aliphatic rings. The minimum Gasteiger partial charge on any atom is -0.478 e. The first-order chi connectivity index (χ1) is 11.0. The molecule has 0 bridgehead atoms. The Morgan fingerprint density at radius 1 is 1.30 bits per heavy atom. The van der Waals surface area contributed by atoms with Crippen molar-refractivity contribution in [3.05, 3.63) is 34.5 Å². The molecule has 0 spiro atoms. The third kappa shape index (κ3) is 2.76. The van der Waals surface area contributed by atoms with Crippen LogP contribution in [0, 0.1) is 6.92 Å². The number of likely N-dealkylation sites (N-methyl/N-ethyl adjacent to an activating group) is 1. The lowest BCUT2D eigenvalue weighted by Crippen LogP contribution is -2.27. The average Bonchev–Trinajstić information content (AvgIpc) is 2.80. The second-order valence-corrected chi connectivity index (χ2v) is 6.73. The van der Waals surface area contributed by atoms with Crippen molar-refractivity contribution in [2.45, 2.75) is 52.6 Å². The highest BCUT2D eigenvalue weighted by molar-refractivity contribution is 6.05. The van der Waals surface area contributed by atoms with E-state index in [0.29, 0.717) is 5.56 Å².